The quantitative estimate of drug-likeness (QED) is 0.658. The smallest absolute Gasteiger partial charge is 0.337 e. The summed E-state index contributed by atoms with van der Waals surface area (Å²) in [4.78, 5) is 21.6. The summed E-state index contributed by atoms with van der Waals surface area (Å²) in [6, 6.07) is 1.31. The van der Waals surface area contributed by atoms with E-state index in [1.807, 2.05) is 0 Å². The predicted octanol–water partition coefficient (Wildman–Crippen LogP) is 0.392. The topological polar surface area (TPSA) is 59.3 Å². The second kappa shape index (κ2) is 2.81. The standard InChI is InChI=1S/C8H9NO3/c1-5-3-7(10)9(2)4-6(5)8(11)12/h3-4H,1-2H3,(H,11,12). The van der Waals surface area contributed by atoms with Crippen LogP contribution in [0.25, 0.3) is 0 Å². The molecule has 0 radical (unpaired) electrons. The Balaban J connectivity index is 3.43. The van der Waals surface area contributed by atoms with Gasteiger partial charge in [0.1, 0.15) is 0 Å². The number of carboxylic acids is 1. The molecule has 1 rings (SSSR count). The van der Waals surface area contributed by atoms with E-state index in [-0.39, 0.29) is 11.1 Å². The third kappa shape index (κ3) is 1.37. The number of hydrogen-bond acceptors (Lipinski definition) is 2. The maximum absolute atomic E-state index is 11.0. The van der Waals surface area contributed by atoms with Crippen molar-refractivity contribution < 1.29 is 9.90 Å². The SMILES string of the molecule is Cc1cc(=O)n(C)cc1C(=O)O. The van der Waals surface area contributed by atoms with Crippen LogP contribution in [0.3, 0.4) is 0 Å². The predicted molar refractivity (Wildman–Crippen MR) is 43.4 cm³/mol. The van der Waals surface area contributed by atoms with E-state index in [1.54, 1.807) is 6.92 Å². The van der Waals surface area contributed by atoms with Gasteiger partial charge in [-0.05, 0) is 12.5 Å². The van der Waals surface area contributed by atoms with Crippen LogP contribution in [0.2, 0.25) is 0 Å². The van der Waals surface area contributed by atoms with E-state index in [1.165, 1.54) is 23.9 Å². The molecule has 0 unspecified atom stereocenters. The minimum Gasteiger partial charge on any atom is -0.478 e. The van der Waals surface area contributed by atoms with Gasteiger partial charge in [0, 0.05) is 19.3 Å². The number of hydrogen-bond donors (Lipinski definition) is 1. The largest absolute Gasteiger partial charge is 0.478 e. The van der Waals surface area contributed by atoms with Crippen LogP contribution >= 0.6 is 0 Å². The van der Waals surface area contributed by atoms with Crippen LogP contribution in [0, 0.1) is 6.92 Å². The maximum Gasteiger partial charge on any atom is 0.337 e. The van der Waals surface area contributed by atoms with Crippen molar-refractivity contribution in [2.24, 2.45) is 7.05 Å². The first kappa shape index (κ1) is 8.52. The van der Waals surface area contributed by atoms with Gasteiger partial charge in [-0.2, -0.15) is 0 Å². The molecule has 0 atom stereocenters. The maximum atomic E-state index is 11.0. The van der Waals surface area contributed by atoms with Crippen molar-refractivity contribution in [2.75, 3.05) is 0 Å². The third-order valence-corrected chi connectivity index (χ3v) is 1.67. The second-order valence-corrected chi connectivity index (χ2v) is 2.62. The van der Waals surface area contributed by atoms with E-state index < -0.39 is 5.97 Å². The van der Waals surface area contributed by atoms with Gasteiger partial charge in [0.05, 0.1) is 5.56 Å². The zero-order chi connectivity index (χ0) is 9.30. The van der Waals surface area contributed by atoms with Crippen LogP contribution in [-0.2, 0) is 7.05 Å². The summed E-state index contributed by atoms with van der Waals surface area (Å²) in [6.07, 6.45) is 1.32. The third-order valence-electron chi connectivity index (χ3n) is 1.67. The van der Waals surface area contributed by atoms with Crippen LogP contribution in [0.1, 0.15) is 15.9 Å². The monoisotopic (exact) mass is 167 g/mol. The Morgan fingerprint density at radius 2 is 2.17 bits per heavy atom. The van der Waals surface area contributed by atoms with Gasteiger partial charge in [-0.1, -0.05) is 0 Å². The van der Waals surface area contributed by atoms with E-state index in [9.17, 15) is 9.59 Å². The van der Waals surface area contributed by atoms with Gasteiger partial charge in [-0.15, -0.1) is 0 Å². The summed E-state index contributed by atoms with van der Waals surface area (Å²) in [5.41, 5.74) is 0.459. The summed E-state index contributed by atoms with van der Waals surface area (Å²) in [6.45, 7) is 1.60. The lowest BCUT2D eigenvalue weighted by atomic mass is 10.1. The number of nitrogens with zero attached hydrogens (tertiary/aromatic N) is 1. The van der Waals surface area contributed by atoms with Crippen molar-refractivity contribution in [1.29, 1.82) is 0 Å². The Morgan fingerprint density at radius 3 is 2.67 bits per heavy atom. The van der Waals surface area contributed by atoms with Gasteiger partial charge in [-0.25, -0.2) is 4.79 Å². The fraction of sp³-hybridized carbons (Fsp3) is 0.250. The summed E-state index contributed by atoms with van der Waals surface area (Å²) < 4.78 is 1.25. The Hall–Kier alpha value is -1.58. The van der Waals surface area contributed by atoms with Gasteiger partial charge in [-0.3, -0.25) is 4.79 Å². The number of aromatic carboxylic acids is 1. The molecular weight excluding hydrogens is 158 g/mol. The molecule has 0 aliphatic carbocycles. The lowest BCUT2D eigenvalue weighted by Crippen LogP contribution is -2.18. The first-order valence-electron chi connectivity index (χ1n) is 3.43. The van der Waals surface area contributed by atoms with Crippen LogP contribution < -0.4 is 5.56 Å². The number of carbonyl (C=O) groups is 1. The second-order valence-electron chi connectivity index (χ2n) is 2.62. The molecule has 1 aromatic heterocycles. The van der Waals surface area contributed by atoms with E-state index in [0.29, 0.717) is 5.56 Å². The fourth-order valence-electron chi connectivity index (χ4n) is 0.948. The molecule has 4 nitrogen and oxygen atoms in total. The molecule has 0 aliphatic heterocycles. The minimum atomic E-state index is -1.01. The van der Waals surface area contributed by atoms with Crippen LogP contribution in [0.15, 0.2) is 17.1 Å². The molecule has 64 valence electrons. The number of pyridine rings is 1. The minimum absolute atomic E-state index is 0.164. The van der Waals surface area contributed by atoms with E-state index in [2.05, 4.69) is 0 Å². The number of aryl methyl sites for hydroxylation is 2. The first-order chi connectivity index (χ1) is 5.52. The molecule has 0 fully saturated rings. The fourth-order valence-corrected chi connectivity index (χ4v) is 0.948. The summed E-state index contributed by atoms with van der Waals surface area (Å²) >= 11 is 0. The van der Waals surface area contributed by atoms with Crippen LogP contribution in [0.4, 0.5) is 0 Å². The molecule has 0 bridgehead atoms. The number of rotatable bonds is 1. The number of aromatic nitrogens is 1. The van der Waals surface area contributed by atoms with Crippen molar-refractivity contribution in [3.05, 3.63) is 33.7 Å². The van der Waals surface area contributed by atoms with Gasteiger partial charge in [0.2, 0.25) is 0 Å². The molecular formula is C8H9NO3. The molecule has 0 aliphatic rings. The van der Waals surface area contributed by atoms with Crippen molar-refractivity contribution in [2.45, 2.75) is 6.92 Å². The Bertz CT molecular complexity index is 378. The van der Waals surface area contributed by atoms with Crippen molar-refractivity contribution in [1.82, 2.24) is 4.57 Å². The average molecular weight is 167 g/mol. The van der Waals surface area contributed by atoms with Gasteiger partial charge < -0.3 is 9.67 Å². The molecule has 1 heterocycles. The molecule has 1 N–H and O–H groups in total. The van der Waals surface area contributed by atoms with Crippen LogP contribution in [-0.4, -0.2) is 15.6 Å². The highest BCUT2D eigenvalue weighted by atomic mass is 16.4. The summed E-state index contributed by atoms with van der Waals surface area (Å²) in [7, 11) is 1.52. The molecule has 0 aromatic carbocycles. The molecule has 1 aromatic rings. The van der Waals surface area contributed by atoms with Gasteiger partial charge >= 0.3 is 5.97 Å². The highest BCUT2D eigenvalue weighted by Gasteiger charge is 2.07. The zero-order valence-electron chi connectivity index (χ0n) is 6.87. The van der Waals surface area contributed by atoms with Gasteiger partial charge in [0.15, 0.2) is 0 Å². The van der Waals surface area contributed by atoms with Crippen LogP contribution in [0.5, 0.6) is 0 Å². The molecule has 12 heavy (non-hydrogen) atoms. The Morgan fingerprint density at radius 1 is 1.58 bits per heavy atom. The summed E-state index contributed by atoms with van der Waals surface area (Å²) in [5, 5.41) is 8.67. The first-order valence-corrected chi connectivity index (χ1v) is 3.43. The molecule has 0 amide bonds. The summed E-state index contributed by atoms with van der Waals surface area (Å²) in [5.74, 6) is -1.01. The van der Waals surface area contributed by atoms with Crippen molar-refractivity contribution in [3.8, 4) is 0 Å². The Labute approximate surface area is 69.1 Å². The van der Waals surface area contributed by atoms with Gasteiger partial charge in [0.25, 0.3) is 5.56 Å². The van der Waals surface area contributed by atoms with E-state index in [4.69, 9.17) is 5.11 Å². The normalized spacial score (nSPS) is 9.83. The zero-order valence-corrected chi connectivity index (χ0v) is 6.87. The lowest BCUT2D eigenvalue weighted by Gasteiger charge is -2.01. The average Bonchev–Trinajstić information content (AvgIpc) is 1.96. The van der Waals surface area contributed by atoms with E-state index in [0.717, 1.165) is 0 Å². The highest BCUT2D eigenvalue weighted by molar-refractivity contribution is 5.88. The van der Waals surface area contributed by atoms with E-state index >= 15 is 0 Å². The number of carboxylic acid groups (broad SMARTS) is 1. The molecule has 0 spiro atoms. The van der Waals surface area contributed by atoms with Crippen molar-refractivity contribution in [3.63, 3.8) is 0 Å². The Kier molecular flexibility index (Phi) is 1.99. The lowest BCUT2D eigenvalue weighted by molar-refractivity contribution is 0.0695. The highest BCUT2D eigenvalue weighted by Crippen LogP contribution is 2.02. The molecule has 0 saturated carbocycles. The molecule has 0 saturated heterocycles. The van der Waals surface area contributed by atoms with Crippen molar-refractivity contribution >= 4 is 5.97 Å². The molecule has 4 heteroatoms.